The smallest absolute Gasteiger partial charge is 0.0398 e. The van der Waals surface area contributed by atoms with Crippen LogP contribution in [0.4, 0.5) is 0 Å². The lowest BCUT2D eigenvalue weighted by Gasteiger charge is -1.90. The molecule has 0 aliphatic carbocycles. The van der Waals surface area contributed by atoms with Crippen LogP contribution in [0.15, 0.2) is 24.3 Å². The molecule has 0 heteroatoms. The summed E-state index contributed by atoms with van der Waals surface area (Å²) in [4.78, 5) is 0. The van der Waals surface area contributed by atoms with E-state index in [-0.39, 0.29) is 0 Å². The van der Waals surface area contributed by atoms with E-state index in [1.54, 1.807) is 0 Å². The first-order chi connectivity index (χ1) is 3.79. The SMILES string of the molecule is Cc1ccc(C)[13cH]c1. The summed E-state index contributed by atoms with van der Waals surface area (Å²) in [7, 11) is 0. The van der Waals surface area contributed by atoms with Gasteiger partial charge in [-0.1, -0.05) is 35.4 Å². The van der Waals surface area contributed by atoms with Gasteiger partial charge in [0.2, 0.25) is 0 Å². The molecule has 0 heterocycles. The quantitative estimate of drug-likeness (QED) is 0.477. The van der Waals surface area contributed by atoms with E-state index in [2.05, 4.69) is 38.1 Å². The normalized spacial score (nSPS) is 9.25. The second kappa shape index (κ2) is 1.99. The molecule has 0 atom stereocenters. The Balaban J connectivity index is 3.03. The van der Waals surface area contributed by atoms with Gasteiger partial charge in [0.25, 0.3) is 0 Å². The number of benzene rings is 1. The Morgan fingerprint density at radius 3 is 1.25 bits per heavy atom. The minimum atomic E-state index is 1.33. The first kappa shape index (κ1) is 5.36. The van der Waals surface area contributed by atoms with Gasteiger partial charge >= 0.3 is 0 Å². The van der Waals surface area contributed by atoms with Crippen LogP contribution in [0.2, 0.25) is 0 Å². The van der Waals surface area contributed by atoms with Crippen molar-refractivity contribution in [1.82, 2.24) is 0 Å². The van der Waals surface area contributed by atoms with E-state index in [4.69, 9.17) is 0 Å². The third-order valence-electron chi connectivity index (χ3n) is 1.22. The largest absolute Gasteiger partial charge is 0.0591 e. The molecule has 0 radical (unpaired) electrons. The third kappa shape index (κ3) is 1.09. The summed E-state index contributed by atoms with van der Waals surface area (Å²) >= 11 is 0. The molecular weight excluding hydrogens is 97.1 g/mol. The molecule has 8 heavy (non-hydrogen) atoms. The second-order valence-electron chi connectivity index (χ2n) is 2.15. The Kier molecular flexibility index (Phi) is 1.34. The first-order valence-electron chi connectivity index (χ1n) is 2.82. The van der Waals surface area contributed by atoms with Gasteiger partial charge in [-0.3, -0.25) is 0 Å². The van der Waals surface area contributed by atoms with Crippen molar-refractivity contribution in [2.75, 3.05) is 0 Å². The van der Waals surface area contributed by atoms with Gasteiger partial charge in [-0.05, 0) is 13.8 Å². The van der Waals surface area contributed by atoms with Crippen molar-refractivity contribution in [2.45, 2.75) is 13.8 Å². The molecule has 1 aromatic rings. The first-order valence-corrected chi connectivity index (χ1v) is 2.82. The molecule has 0 saturated carbocycles. The lowest BCUT2D eigenvalue weighted by molar-refractivity contribution is 1.40. The highest BCUT2D eigenvalue weighted by Gasteiger charge is 1.79. The summed E-state index contributed by atoms with van der Waals surface area (Å²) < 4.78 is 0. The van der Waals surface area contributed by atoms with Crippen LogP contribution >= 0.6 is 0 Å². The molecule has 0 spiro atoms. The maximum absolute atomic E-state index is 2.12. The Bertz CT molecular complexity index is 139. The fourth-order valence-corrected chi connectivity index (χ4v) is 0.637. The summed E-state index contributed by atoms with van der Waals surface area (Å²) in [5.74, 6) is 0. The molecule has 0 amide bonds. The van der Waals surface area contributed by atoms with Gasteiger partial charge in [-0.15, -0.1) is 0 Å². The monoisotopic (exact) mass is 107 g/mol. The number of hydrogen-bond donors (Lipinski definition) is 0. The van der Waals surface area contributed by atoms with E-state index in [0.717, 1.165) is 0 Å². The van der Waals surface area contributed by atoms with Crippen molar-refractivity contribution in [2.24, 2.45) is 0 Å². The van der Waals surface area contributed by atoms with Crippen LogP contribution in [-0.2, 0) is 0 Å². The summed E-state index contributed by atoms with van der Waals surface area (Å²) in [6.07, 6.45) is 0. The van der Waals surface area contributed by atoms with Crippen LogP contribution in [0, 0.1) is 13.8 Å². The van der Waals surface area contributed by atoms with Gasteiger partial charge in [-0.2, -0.15) is 0 Å². The second-order valence-corrected chi connectivity index (χ2v) is 2.15. The Morgan fingerprint density at radius 1 is 0.750 bits per heavy atom. The van der Waals surface area contributed by atoms with Crippen LogP contribution in [0.25, 0.3) is 0 Å². The van der Waals surface area contributed by atoms with Crippen LogP contribution in [0.5, 0.6) is 0 Å². The summed E-state index contributed by atoms with van der Waals surface area (Å²) in [5.41, 5.74) is 2.66. The van der Waals surface area contributed by atoms with Crippen LogP contribution in [0.1, 0.15) is 11.1 Å². The molecule has 0 unspecified atom stereocenters. The fourth-order valence-electron chi connectivity index (χ4n) is 0.637. The van der Waals surface area contributed by atoms with Gasteiger partial charge in [0.1, 0.15) is 0 Å². The van der Waals surface area contributed by atoms with Gasteiger partial charge in [0.05, 0.1) is 0 Å². The Labute approximate surface area is 50.2 Å². The minimum absolute atomic E-state index is 1.33. The van der Waals surface area contributed by atoms with Crippen LogP contribution in [0.3, 0.4) is 0 Å². The Morgan fingerprint density at radius 2 is 1.00 bits per heavy atom. The van der Waals surface area contributed by atoms with Crippen molar-refractivity contribution in [3.8, 4) is 0 Å². The molecule has 0 nitrogen and oxygen atoms in total. The van der Waals surface area contributed by atoms with Gasteiger partial charge in [-0.25, -0.2) is 0 Å². The van der Waals surface area contributed by atoms with Gasteiger partial charge in [0, 0.05) is 0 Å². The summed E-state index contributed by atoms with van der Waals surface area (Å²) in [6.45, 7) is 4.19. The molecule has 0 aliphatic heterocycles. The number of hydrogen-bond acceptors (Lipinski definition) is 0. The average molecular weight is 107 g/mol. The van der Waals surface area contributed by atoms with E-state index in [0.29, 0.717) is 0 Å². The average Bonchev–Trinajstić information content (AvgIpc) is 1.77. The molecule has 0 aliphatic rings. The molecule has 0 N–H and O–H groups in total. The zero-order chi connectivity index (χ0) is 5.98. The number of aryl methyl sites for hydroxylation is 2. The molecule has 1 aromatic carbocycles. The van der Waals surface area contributed by atoms with Crippen molar-refractivity contribution in [1.29, 1.82) is 0 Å². The lowest BCUT2D eigenvalue weighted by atomic mass is 10.2. The molecule has 1 rings (SSSR count). The lowest BCUT2D eigenvalue weighted by Crippen LogP contribution is -1.70. The van der Waals surface area contributed by atoms with Crippen molar-refractivity contribution in [3.63, 3.8) is 0 Å². The van der Waals surface area contributed by atoms with E-state index in [1.165, 1.54) is 11.1 Å². The maximum atomic E-state index is 2.12. The summed E-state index contributed by atoms with van der Waals surface area (Å²) in [5, 5.41) is 0. The van der Waals surface area contributed by atoms with E-state index in [9.17, 15) is 0 Å². The third-order valence-corrected chi connectivity index (χ3v) is 1.22. The summed E-state index contributed by atoms with van der Waals surface area (Å²) in [6, 6.07) is 8.48. The highest BCUT2D eigenvalue weighted by molar-refractivity contribution is 5.19. The van der Waals surface area contributed by atoms with Gasteiger partial charge < -0.3 is 0 Å². The minimum Gasteiger partial charge on any atom is -0.0591 e. The van der Waals surface area contributed by atoms with E-state index < -0.39 is 0 Å². The van der Waals surface area contributed by atoms with E-state index >= 15 is 0 Å². The predicted octanol–water partition coefficient (Wildman–Crippen LogP) is 2.30. The highest BCUT2D eigenvalue weighted by atomic mass is 14.1. The zero-order valence-electron chi connectivity index (χ0n) is 5.31. The highest BCUT2D eigenvalue weighted by Crippen LogP contribution is 1.99. The molecule has 42 valence electrons. The van der Waals surface area contributed by atoms with Crippen molar-refractivity contribution < 1.29 is 0 Å². The van der Waals surface area contributed by atoms with Crippen molar-refractivity contribution >= 4 is 0 Å². The standard InChI is InChI=1S/C8H10/c1-7-3-5-8(2)6-4-7/h3-6H,1-2H3/i3+1. The molecule has 0 aromatic heterocycles. The van der Waals surface area contributed by atoms with E-state index in [1.807, 2.05) is 0 Å². The maximum Gasteiger partial charge on any atom is -0.0398 e. The Hall–Kier alpha value is -0.780. The fraction of sp³-hybridized carbons (Fsp3) is 0.250. The topological polar surface area (TPSA) is 0 Å². The molecule has 0 bridgehead atoms. The number of rotatable bonds is 0. The predicted molar refractivity (Wildman–Crippen MR) is 35.9 cm³/mol. The zero-order valence-corrected chi connectivity index (χ0v) is 5.31. The van der Waals surface area contributed by atoms with Crippen LogP contribution in [-0.4, -0.2) is 0 Å². The molecule has 0 fully saturated rings. The van der Waals surface area contributed by atoms with Crippen molar-refractivity contribution in [3.05, 3.63) is 35.4 Å². The van der Waals surface area contributed by atoms with Crippen LogP contribution < -0.4 is 0 Å². The molecular formula is C8H10. The molecule has 0 saturated heterocycles. The van der Waals surface area contributed by atoms with Gasteiger partial charge in [0.15, 0.2) is 0 Å².